The Balaban J connectivity index is 1.69. The zero-order chi connectivity index (χ0) is 18.0. The van der Waals surface area contributed by atoms with Crippen molar-refractivity contribution in [3.8, 4) is 0 Å². The Morgan fingerprint density at radius 3 is 2.52 bits per heavy atom. The molecule has 1 atom stereocenters. The number of nitrogens with one attached hydrogen (secondary N) is 2. The summed E-state index contributed by atoms with van der Waals surface area (Å²) in [7, 11) is 0. The van der Waals surface area contributed by atoms with Crippen LogP contribution in [-0.4, -0.2) is 49.1 Å². The van der Waals surface area contributed by atoms with E-state index in [4.69, 9.17) is 0 Å². The van der Waals surface area contributed by atoms with Gasteiger partial charge in [-0.05, 0) is 31.9 Å². The van der Waals surface area contributed by atoms with Crippen molar-refractivity contribution in [2.24, 2.45) is 0 Å². The average molecular weight is 342 g/mol. The highest BCUT2D eigenvalue weighted by atomic mass is 16.2. The number of allylic oxidation sites excluding steroid dienone is 1. The van der Waals surface area contributed by atoms with Crippen molar-refractivity contribution in [2.45, 2.75) is 33.2 Å². The van der Waals surface area contributed by atoms with Crippen LogP contribution >= 0.6 is 0 Å². The number of carbonyl (C=O) groups is 2. The van der Waals surface area contributed by atoms with Crippen LogP contribution in [0, 0.1) is 0 Å². The molecule has 3 amide bonds. The van der Waals surface area contributed by atoms with E-state index in [0.29, 0.717) is 24.4 Å². The van der Waals surface area contributed by atoms with Gasteiger partial charge < -0.3 is 20.4 Å². The van der Waals surface area contributed by atoms with Gasteiger partial charge in [0, 0.05) is 37.6 Å². The Bertz CT molecular complexity index is 705. The summed E-state index contributed by atoms with van der Waals surface area (Å²) in [5.41, 5.74) is 3.92. The SMILES string of the molecule is CCc1ccccc1N1CCN(C(=O)C2=C(C)NC(=O)N[C@@H]2C)CC1. The Hall–Kier alpha value is -2.50. The highest BCUT2D eigenvalue weighted by Gasteiger charge is 2.31. The van der Waals surface area contributed by atoms with Crippen LogP contribution in [0.25, 0.3) is 0 Å². The fraction of sp³-hybridized carbons (Fsp3) is 0.474. The second kappa shape index (κ2) is 7.17. The summed E-state index contributed by atoms with van der Waals surface area (Å²) >= 11 is 0. The first-order valence-corrected chi connectivity index (χ1v) is 8.91. The summed E-state index contributed by atoms with van der Waals surface area (Å²) in [6.45, 7) is 8.83. The van der Waals surface area contributed by atoms with Gasteiger partial charge in [-0.3, -0.25) is 4.79 Å². The lowest BCUT2D eigenvalue weighted by Gasteiger charge is -2.38. The highest BCUT2D eigenvalue weighted by molar-refractivity contribution is 5.98. The van der Waals surface area contributed by atoms with Gasteiger partial charge in [0.1, 0.15) is 0 Å². The molecule has 1 aromatic rings. The number of para-hydroxylation sites is 1. The van der Waals surface area contributed by atoms with E-state index in [0.717, 1.165) is 19.5 Å². The van der Waals surface area contributed by atoms with Crippen LogP contribution in [-0.2, 0) is 11.2 Å². The molecule has 1 saturated heterocycles. The average Bonchev–Trinajstić information content (AvgIpc) is 2.61. The van der Waals surface area contributed by atoms with E-state index >= 15 is 0 Å². The molecule has 0 radical (unpaired) electrons. The minimum Gasteiger partial charge on any atom is -0.368 e. The number of aryl methyl sites for hydroxylation is 1. The van der Waals surface area contributed by atoms with Gasteiger partial charge in [0.15, 0.2) is 0 Å². The number of anilines is 1. The molecular weight excluding hydrogens is 316 g/mol. The zero-order valence-corrected chi connectivity index (χ0v) is 15.1. The van der Waals surface area contributed by atoms with Crippen molar-refractivity contribution in [1.29, 1.82) is 0 Å². The molecule has 0 aromatic heterocycles. The quantitative estimate of drug-likeness (QED) is 0.881. The lowest BCUT2D eigenvalue weighted by molar-refractivity contribution is -0.127. The summed E-state index contributed by atoms with van der Waals surface area (Å²) in [6.07, 6.45) is 1.00. The molecule has 3 rings (SSSR count). The van der Waals surface area contributed by atoms with Gasteiger partial charge in [0.05, 0.1) is 11.6 Å². The molecule has 1 fully saturated rings. The van der Waals surface area contributed by atoms with Crippen molar-refractivity contribution < 1.29 is 9.59 Å². The normalized spacial score (nSPS) is 21.1. The number of rotatable bonds is 3. The third-order valence-corrected chi connectivity index (χ3v) is 5.00. The predicted molar refractivity (Wildman–Crippen MR) is 98.4 cm³/mol. The van der Waals surface area contributed by atoms with Gasteiger partial charge >= 0.3 is 6.03 Å². The van der Waals surface area contributed by atoms with Gasteiger partial charge in [-0.15, -0.1) is 0 Å². The third-order valence-electron chi connectivity index (χ3n) is 5.00. The number of benzene rings is 1. The van der Waals surface area contributed by atoms with Crippen molar-refractivity contribution in [3.05, 3.63) is 41.1 Å². The predicted octanol–water partition coefficient (Wildman–Crippen LogP) is 1.87. The molecule has 0 unspecified atom stereocenters. The van der Waals surface area contributed by atoms with E-state index in [2.05, 4.69) is 46.7 Å². The van der Waals surface area contributed by atoms with Crippen LogP contribution in [0.4, 0.5) is 10.5 Å². The Labute approximate surface area is 148 Å². The van der Waals surface area contributed by atoms with Crippen LogP contribution in [0.3, 0.4) is 0 Å². The van der Waals surface area contributed by atoms with E-state index < -0.39 is 0 Å². The van der Waals surface area contributed by atoms with Crippen molar-refractivity contribution in [3.63, 3.8) is 0 Å². The molecule has 2 aliphatic heterocycles. The molecule has 0 aliphatic carbocycles. The minimum atomic E-state index is -0.264. The summed E-state index contributed by atoms with van der Waals surface area (Å²) in [5.74, 6) is 0.0147. The molecule has 0 bridgehead atoms. The van der Waals surface area contributed by atoms with Gasteiger partial charge in [-0.2, -0.15) is 0 Å². The van der Waals surface area contributed by atoms with Crippen LogP contribution < -0.4 is 15.5 Å². The lowest BCUT2D eigenvalue weighted by atomic mass is 10.0. The maximum atomic E-state index is 12.9. The zero-order valence-electron chi connectivity index (χ0n) is 15.1. The molecular formula is C19H26N4O2. The van der Waals surface area contributed by atoms with Gasteiger partial charge in [-0.1, -0.05) is 25.1 Å². The second-order valence-corrected chi connectivity index (χ2v) is 6.62. The fourth-order valence-electron chi connectivity index (χ4n) is 3.65. The van der Waals surface area contributed by atoms with Crippen LogP contribution in [0.1, 0.15) is 26.3 Å². The van der Waals surface area contributed by atoms with E-state index in [-0.39, 0.29) is 18.0 Å². The highest BCUT2D eigenvalue weighted by Crippen LogP contribution is 2.23. The molecule has 6 nitrogen and oxygen atoms in total. The number of piperazine rings is 1. The van der Waals surface area contributed by atoms with Crippen molar-refractivity contribution >= 4 is 17.6 Å². The summed E-state index contributed by atoms with van der Waals surface area (Å²) in [6, 6.07) is 7.95. The van der Waals surface area contributed by atoms with E-state index in [1.165, 1.54) is 11.3 Å². The number of urea groups is 1. The lowest BCUT2D eigenvalue weighted by Crippen LogP contribution is -2.54. The summed E-state index contributed by atoms with van der Waals surface area (Å²) in [5, 5.41) is 5.46. The first-order valence-electron chi connectivity index (χ1n) is 8.91. The van der Waals surface area contributed by atoms with E-state index in [9.17, 15) is 9.59 Å². The van der Waals surface area contributed by atoms with Gasteiger partial charge in [0.25, 0.3) is 5.91 Å². The molecule has 0 spiro atoms. The topological polar surface area (TPSA) is 64.7 Å². The maximum Gasteiger partial charge on any atom is 0.319 e. The number of nitrogens with zero attached hydrogens (tertiary/aromatic N) is 2. The van der Waals surface area contributed by atoms with Crippen LogP contribution in [0.5, 0.6) is 0 Å². The third kappa shape index (κ3) is 3.48. The molecule has 6 heteroatoms. The molecule has 25 heavy (non-hydrogen) atoms. The van der Waals surface area contributed by atoms with Crippen molar-refractivity contribution in [1.82, 2.24) is 15.5 Å². The number of hydrogen-bond acceptors (Lipinski definition) is 3. The van der Waals surface area contributed by atoms with Gasteiger partial charge in [-0.25, -0.2) is 4.79 Å². The fourth-order valence-corrected chi connectivity index (χ4v) is 3.65. The smallest absolute Gasteiger partial charge is 0.319 e. The largest absolute Gasteiger partial charge is 0.368 e. The molecule has 134 valence electrons. The number of carbonyl (C=O) groups excluding carboxylic acids is 2. The van der Waals surface area contributed by atoms with Crippen LogP contribution in [0.15, 0.2) is 35.5 Å². The summed E-state index contributed by atoms with van der Waals surface area (Å²) < 4.78 is 0. The first kappa shape index (κ1) is 17.3. The molecule has 2 aliphatic rings. The molecule has 2 heterocycles. The Kier molecular flexibility index (Phi) is 4.97. The maximum absolute atomic E-state index is 12.9. The summed E-state index contributed by atoms with van der Waals surface area (Å²) in [4.78, 5) is 28.6. The van der Waals surface area contributed by atoms with E-state index in [1.54, 1.807) is 6.92 Å². The first-order chi connectivity index (χ1) is 12.0. The Morgan fingerprint density at radius 1 is 1.20 bits per heavy atom. The molecule has 1 aromatic carbocycles. The van der Waals surface area contributed by atoms with E-state index in [1.807, 2.05) is 11.8 Å². The van der Waals surface area contributed by atoms with Crippen LogP contribution in [0.2, 0.25) is 0 Å². The van der Waals surface area contributed by atoms with Gasteiger partial charge in [0.2, 0.25) is 0 Å². The minimum absolute atomic E-state index is 0.0147. The standard InChI is InChI=1S/C19H26N4O2/c1-4-15-7-5-6-8-16(15)22-9-11-23(12-10-22)18(24)17-13(2)20-19(25)21-14(17)3/h5-8,13H,4,9-12H2,1-3H3,(H2,20,21,25)/t13-/m1/s1. The number of amides is 3. The second-order valence-electron chi connectivity index (χ2n) is 6.62. The molecule has 0 saturated carbocycles. The number of hydrogen-bond donors (Lipinski definition) is 2. The van der Waals surface area contributed by atoms with Crippen molar-refractivity contribution in [2.75, 3.05) is 31.1 Å². The monoisotopic (exact) mass is 342 g/mol. The Morgan fingerprint density at radius 2 is 1.88 bits per heavy atom. The molecule has 2 N–H and O–H groups in total.